The molecule has 0 fully saturated rings. The van der Waals surface area contributed by atoms with Crippen LogP contribution in [0, 0.1) is 0 Å². The summed E-state index contributed by atoms with van der Waals surface area (Å²) in [5.41, 5.74) is 2.04. The van der Waals surface area contributed by atoms with Gasteiger partial charge in [-0.2, -0.15) is 13.2 Å². The number of phenolic OH excluding ortho intramolecular Hbond substituents is 1. The molecule has 2 atom stereocenters. The second kappa shape index (κ2) is 8.83. The Morgan fingerprint density at radius 3 is 2.54 bits per heavy atom. The van der Waals surface area contributed by atoms with Gasteiger partial charge in [0.15, 0.2) is 0 Å². The van der Waals surface area contributed by atoms with Gasteiger partial charge in [-0.25, -0.2) is 0 Å². The molecule has 2 aliphatic rings. The van der Waals surface area contributed by atoms with Crippen molar-refractivity contribution < 1.29 is 37.3 Å². The highest BCUT2D eigenvalue weighted by molar-refractivity contribution is 5.75. The van der Waals surface area contributed by atoms with Gasteiger partial charge in [0.25, 0.3) is 0 Å². The van der Waals surface area contributed by atoms with Crippen molar-refractivity contribution in [3.8, 4) is 28.4 Å². The number of fused-ring (bicyclic) bond motifs is 2. The quantitative estimate of drug-likeness (QED) is 0.438. The van der Waals surface area contributed by atoms with E-state index in [4.69, 9.17) is 14.2 Å². The van der Waals surface area contributed by atoms with E-state index in [0.717, 1.165) is 11.6 Å². The zero-order chi connectivity index (χ0) is 24.7. The minimum atomic E-state index is -4.51. The summed E-state index contributed by atoms with van der Waals surface area (Å²) in [5.74, 6) is 0.770. The van der Waals surface area contributed by atoms with Crippen LogP contribution in [-0.2, 0) is 22.1 Å². The van der Waals surface area contributed by atoms with E-state index in [1.807, 2.05) is 6.07 Å². The topological polar surface area (TPSA) is 65.0 Å². The molecule has 182 valence electrons. The molecule has 5 rings (SSSR count). The van der Waals surface area contributed by atoms with Gasteiger partial charge in [-0.05, 0) is 59.4 Å². The lowest BCUT2D eigenvalue weighted by atomic mass is 9.91. The van der Waals surface area contributed by atoms with Crippen LogP contribution in [0.1, 0.15) is 47.1 Å². The molecule has 1 unspecified atom stereocenters. The third-order valence-corrected chi connectivity index (χ3v) is 6.60. The van der Waals surface area contributed by atoms with E-state index in [2.05, 4.69) is 0 Å². The van der Waals surface area contributed by atoms with Crippen LogP contribution in [0.5, 0.6) is 17.2 Å². The molecule has 0 bridgehead atoms. The normalized spacial score (nSPS) is 18.5. The van der Waals surface area contributed by atoms with Gasteiger partial charge >= 0.3 is 12.1 Å². The predicted molar refractivity (Wildman–Crippen MR) is 122 cm³/mol. The van der Waals surface area contributed by atoms with Gasteiger partial charge in [0.1, 0.15) is 23.4 Å². The first-order chi connectivity index (χ1) is 16.7. The lowest BCUT2D eigenvalue weighted by molar-refractivity contribution is -0.141. The molecule has 0 aromatic heterocycles. The average molecular weight is 484 g/mol. The molecule has 0 saturated carbocycles. The second-order valence-corrected chi connectivity index (χ2v) is 8.73. The van der Waals surface area contributed by atoms with Gasteiger partial charge in [0.05, 0.1) is 25.7 Å². The number of carbonyl (C=O) groups is 1. The van der Waals surface area contributed by atoms with Crippen LogP contribution >= 0.6 is 0 Å². The Morgan fingerprint density at radius 1 is 1.09 bits per heavy atom. The smallest absolute Gasteiger partial charge is 0.417 e. The summed E-state index contributed by atoms with van der Waals surface area (Å²) in [6.45, 7) is 0.371. The number of phenols is 1. The fourth-order valence-electron chi connectivity index (χ4n) is 4.93. The maximum atomic E-state index is 13.9. The first kappa shape index (κ1) is 23.1. The average Bonchev–Trinajstić information content (AvgIpc) is 3.42. The van der Waals surface area contributed by atoms with Crippen LogP contribution in [0.3, 0.4) is 0 Å². The zero-order valence-corrected chi connectivity index (χ0v) is 18.9. The number of ether oxygens (including phenoxy) is 3. The molecule has 35 heavy (non-hydrogen) atoms. The Labute approximate surface area is 200 Å². The summed E-state index contributed by atoms with van der Waals surface area (Å²) in [4.78, 5) is 11.6. The van der Waals surface area contributed by atoms with Crippen LogP contribution in [0.2, 0.25) is 0 Å². The third-order valence-electron chi connectivity index (χ3n) is 6.60. The molecular weight excluding hydrogens is 461 g/mol. The molecule has 1 aliphatic carbocycles. The molecule has 0 spiro atoms. The summed E-state index contributed by atoms with van der Waals surface area (Å²) in [6, 6.07) is 13.8. The van der Waals surface area contributed by atoms with Crippen molar-refractivity contribution in [1.29, 1.82) is 0 Å². The van der Waals surface area contributed by atoms with Crippen molar-refractivity contribution in [3.05, 3.63) is 76.9 Å². The van der Waals surface area contributed by atoms with Gasteiger partial charge in [-0.3, -0.25) is 4.79 Å². The van der Waals surface area contributed by atoms with Crippen molar-refractivity contribution in [2.75, 3.05) is 13.7 Å². The molecule has 1 aliphatic heterocycles. The zero-order valence-electron chi connectivity index (χ0n) is 18.9. The highest BCUT2D eigenvalue weighted by atomic mass is 19.4. The molecule has 0 saturated heterocycles. The van der Waals surface area contributed by atoms with E-state index < -0.39 is 17.8 Å². The van der Waals surface area contributed by atoms with E-state index >= 15 is 0 Å². The third kappa shape index (κ3) is 4.40. The Balaban J connectivity index is 1.44. The van der Waals surface area contributed by atoms with Gasteiger partial charge in [-0.1, -0.05) is 24.3 Å². The van der Waals surface area contributed by atoms with Gasteiger partial charge in [0, 0.05) is 17.5 Å². The molecule has 0 radical (unpaired) electrons. The fraction of sp³-hybridized carbons (Fsp3) is 0.296. The van der Waals surface area contributed by atoms with E-state index in [0.29, 0.717) is 47.6 Å². The van der Waals surface area contributed by atoms with Crippen molar-refractivity contribution in [2.45, 2.75) is 37.5 Å². The number of aromatic hydroxyl groups is 1. The fourth-order valence-corrected chi connectivity index (χ4v) is 4.93. The summed E-state index contributed by atoms with van der Waals surface area (Å²) < 4.78 is 58.3. The number of alkyl halides is 3. The highest BCUT2D eigenvalue weighted by Gasteiger charge is 2.38. The second-order valence-electron chi connectivity index (χ2n) is 8.73. The Bertz CT molecular complexity index is 1270. The Hall–Kier alpha value is -3.68. The van der Waals surface area contributed by atoms with Gasteiger partial charge in [0.2, 0.25) is 0 Å². The van der Waals surface area contributed by atoms with Crippen LogP contribution < -0.4 is 9.47 Å². The van der Waals surface area contributed by atoms with Crippen LogP contribution in [0.4, 0.5) is 13.2 Å². The largest absolute Gasteiger partial charge is 0.508 e. The number of halogens is 3. The molecular formula is C27H23F3O5. The summed E-state index contributed by atoms with van der Waals surface area (Å²) in [6.07, 6.45) is -3.73. The number of benzene rings is 3. The number of hydrogen-bond donors (Lipinski definition) is 1. The van der Waals surface area contributed by atoms with Crippen molar-refractivity contribution in [2.24, 2.45) is 0 Å². The first-order valence-electron chi connectivity index (χ1n) is 11.3. The van der Waals surface area contributed by atoms with E-state index in [9.17, 15) is 23.1 Å². The molecule has 3 aromatic rings. The van der Waals surface area contributed by atoms with Gasteiger partial charge in [-0.15, -0.1) is 0 Å². The predicted octanol–water partition coefficient (Wildman–Crippen LogP) is 6.18. The SMILES string of the molecule is COC(=O)C[C@@H]1COc2cc(OC3CCc4c3ccc(C(F)(F)F)c4-c3ccc(O)cc3)ccc21. The number of esters is 1. The van der Waals surface area contributed by atoms with E-state index in [1.54, 1.807) is 12.1 Å². The van der Waals surface area contributed by atoms with Crippen molar-refractivity contribution in [3.63, 3.8) is 0 Å². The summed E-state index contributed by atoms with van der Waals surface area (Å²) in [7, 11) is 1.35. The molecule has 5 nitrogen and oxygen atoms in total. The molecule has 0 amide bonds. The standard InChI is InChI=1S/C27H23F3O5/c1-33-25(32)12-16-14-34-24-13-18(6-7-19(16)24)35-23-11-9-21-20(23)8-10-22(27(28,29)30)26(21)15-2-4-17(31)5-3-15/h2-8,10,13,16,23,31H,9,11-12,14H2,1H3/t16-,23?/m1/s1. The molecule has 1 heterocycles. The maximum Gasteiger partial charge on any atom is 0.417 e. The minimum absolute atomic E-state index is 0.0104. The van der Waals surface area contributed by atoms with Crippen molar-refractivity contribution in [1.82, 2.24) is 0 Å². The van der Waals surface area contributed by atoms with Crippen molar-refractivity contribution >= 4 is 5.97 Å². The monoisotopic (exact) mass is 484 g/mol. The van der Waals surface area contributed by atoms with E-state index in [-0.39, 0.29) is 29.6 Å². The lowest BCUT2D eigenvalue weighted by Gasteiger charge is -2.20. The molecule has 8 heteroatoms. The molecule has 3 aromatic carbocycles. The highest BCUT2D eigenvalue weighted by Crippen LogP contribution is 2.47. The maximum absolute atomic E-state index is 13.9. The van der Waals surface area contributed by atoms with Crippen LogP contribution in [0.25, 0.3) is 11.1 Å². The van der Waals surface area contributed by atoms with Crippen LogP contribution in [-0.4, -0.2) is 24.8 Å². The first-order valence-corrected chi connectivity index (χ1v) is 11.3. The summed E-state index contributed by atoms with van der Waals surface area (Å²) in [5, 5.41) is 9.60. The number of methoxy groups -OCH3 is 1. The van der Waals surface area contributed by atoms with E-state index in [1.165, 1.54) is 37.4 Å². The Morgan fingerprint density at radius 2 is 1.83 bits per heavy atom. The van der Waals surface area contributed by atoms with Gasteiger partial charge < -0.3 is 19.3 Å². The van der Waals surface area contributed by atoms with Crippen LogP contribution in [0.15, 0.2) is 54.6 Å². The number of rotatable bonds is 5. The molecule has 1 N–H and O–H groups in total. The number of carbonyl (C=O) groups excluding carboxylic acids is 1. The summed E-state index contributed by atoms with van der Waals surface area (Å²) >= 11 is 0. The lowest BCUT2D eigenvalue weighted by Crippen LogP contribution is -2.10. The minimum Gasteiger partial charge on any atom is -0.508 e. The Kier molecular flexibility index (Phi) is 5.83. The number of hydrogen-bond acceptors (Lipinski definition) is 5.